The second kappa shape index (κ2) is 8.10. The Hall–Kier alpha value is -1.43. The summed E-state index contributed by atoms with van der Waals surface area (Å²) in [5.41, 5.74) is 0. The van der Waals surface area contributed by atoms with Gasteiger partial charge in [-0.1, -0.05) is 6.92 Å². The van der Waals surface area contributed by atoms with Crippen LogP contribution in [0.25, 0.3) is 0 Å². The van der Waals surface area contributed by atoms with Crippen LogP contribution in [-0.4, -0.2) is 50.7 Å². The molecule has 1 N–H and O–H groups in total. The molecule has 0 aromatic carbocycles. The number of piperidine rings is 1. The van der Waals surface area contributed by atoms with Crippen LogP contribution in [0.15, 0.2) is 12.7 Å². The van der Waals surface area contributed by atoms with Crippen molar-refractivity contribution in [2.45, 2.75) is 71.0 Å². The molecule has 6 nitrogen and oxygen atoms in total. The first-order valence-corrected chi connectivity index (χ1v) is 9.48. The number of hydrogen-bond donors (Lipinski definition) is 1. The number of aromatic nitrogens is 3. The van der Waals surface area contributed by atoms with Crippen LogP contribution in [0.3, 0.4) is 0 Å². The lowest BCUT2D eigenvalue weighted by Gasteiger charge is -2.37. The Morgan fingerprint density at radius 1 is 1.29 bits per heavy atom. The fourth-order valence-electron chi connectivity index (χ4n) is 4.08. The largest absolute Gasteiger partial charge is 0.352 e. The SMILES string of the molecule is CC1CCC(NC(=O)[C@H](C)N2CCC[C@H](Cn3cncn3)C2)CC1. The quantitative estimate of drug-likeness (QED) is 0.896. The fourth-order valence-corrected chi connectivity index (χ4v) is 4.08. The van der Waals surface area contributed by atoms with Gasteiger partial charge in [-0.15, -0.1) is 0 Å². The summed E-state index contributed by atoms with van der Waals surface area (Å²) in [6, 6.07) is 0.342. The molecule has 24 heavy (non-hydrogen) atoms. The maximum absolute atomic E-state index is 12.6. The molecular formula is C18H31N5O. The van der Waals surface area contributed by atoms with Gasteiger partial charge in [0.15, 0.2) is 0 Å². The minimum absolute atomic E-state index is 0.0390. The van der Waals surface area contributed by atoms with E-state index in [4.69, 9.17) is 0 Å². The first-order chi connectivity index (χ1) is 11.6. The van der Waals surface area contributed by atoms with Crippen LogP contribution >= 0.6 is 0 Å². The first kappa shape index (κ1) is 17.4. The van der Waals surface area contributed by atoms with Gasteiger partial charge in [-0.05, 0) is 63.8 Å². The van der Waals surface area contributed by atoms with Crippen molar-refractivity contribution in [1.82, 2.24) is 25.0 Å². The number of hydrogen-bond acceptors (Lipinski definition) is 4. The standard InChI is InChI=1S/C18H31N5O/c1-14-5-7-17(8-6-14)21-18(24)15(2)22-9-3-4-16(10-22)11-23-13-19-12-20-23/h12-17H,3-11H2,1-2H3,(H,21,24)/t14?,15-,16-,17?/m0/s1. The van der Waals surface area contributed by atoms with Crippen molar-refractivity contribution in [2.24, 2.45) is 11.8 Å². The molecule has 2 aliphatic rings. The van der Waals surface area contributed by atoms with Crippen LogP contribution in [0.2, 0.25) is 0 Å². The number of amides is 1. The summed E-state index contributed by atoms with van der Waals surface area (Å²) in [7, 11) is 0. The smallest absolute Gasteiger partial charge is 0.237 e. The molecule has 0 unspecified atom stereocenters. The van der Waals surface area contributed by atoms with E-state index in [-0.39, 0.29) is 11.9 Å². The van der Waals surface area contributed by atoms with Gasteiger partial charge in [-0.25, -0.2) is 4.98 Å². The number of carbonyl (C=O) groups excluding carboxylic acids is 1. The Kier molecular flexibility index (Phi) is 5.87. The highest BCUT2D eigenvalue weighted by Gasteiger charge is 2.29. The Morgan fingerprint density at radius 2 is 2.08 bits per heavy atom. The minimum atomic E-state index is -0.0390. The highest BCUT2D eigenvalue weighted by atomic mass is 16.2. The van der Waals surface area contributed by atoms with Crippen molar-refractivity contribution in [3.63, 3.8) is 0 Å². The summed E-state index contributed by atoms with van der Waals surface area (Å²) in [6.45, 7) is 7.24. The van der Waals surface area contributed by atoms with Crippen molar-refractivity contribution in [2.75, 3.05) is 13.1 Å². The molecule has 0 radical (unpaired) electrons. The molecule has 1 aliphatic heterocycles. The second-order valence-electron chi connectivity index (χ2n) is 7.76. The molecule has 2 heterocycles. The third kappa shape index (κ3) is 4.56. The average Bonchev–Trinajstić information content (AvgIpc) is 3.09. The maximum Gasteiger partial charge on any atom is 0.237 e. The highest BCUT2D eigenvalue weighted by Crippen LogP contribution is 2.24. The van der Waals surface area contributed by atoms with Gasteiger partial charge in [-0.2, -0.15) is 5.10 Å². The van der Waals surface area contributed by atoms with E-state index in [9.17, 15) is 4.79 Å². The minimum Gasteiger partial charge on any atom is -0.352 e. The van der Waals surface area contributed by atoms with Gasteiger partial charge in [0.05, 0.1) is 6.04 Å². The number of nitrogens with one attached hydrogen (secondary N) is 1. The lowest BCUT2D eigenvalue weighted by molar-refractivity contribution is -0.127. The van der Waals surface area contributed by atoms with Crippen molar-refractivity contribution >= 4 is 5.91 Å². The first-order valence-electron chi connectivity index (χ1n) is 9.48. The van der Waals surface area contributed by atoms with Gasteiger partial charge >= 0.3 is 0 Å². The van der Waals surface area contributed by atoms with Crippen molar-refractivity contribution in [1.29, 1.82) is 0 Å². The summed E-state index contributed by atoms with van der Waals surface area (Å²) in [4.78, 5) is 19.0. The Bertz CT molecular complexity index is 509. The molecule has 1 saturated carbocycles. The summed E-state index contributed by atoms with van der Waals surface area (Å²) < 4.78 is 1.90. The molecule has 1 aromatic heterocycles. The molecule has 2 atom stereocenters. The molecule has 1 aromatic rings. The Morgan fingerprint density at radius 3 is 2.79 bits per heavy atom. The highest BCUT2D eigenvalue weighted by molar-refractivity contribution is 5.81. The zero-order valence-corrected chi connectivity index (χ0v) is 15.0. The van der Waals surface area contributed by atoms with Crippen molar-refractivity contribution < 1.29 is 4.79 Å². The van der Waals surface area contributed by atoms with Gasteiger partial charge in [0, 0.05) is 19.1 Å². The molecule has 3 rings (SSSR count). The Balaban J connectivity index is 1.48. The topological polar surface area (TPSA) is 63.1 Å². The lowest BCUT2D eigenvalue weighted by Crippen LogP contribution is -2.52. The van der Waals surface area contributed by atoms with E-state index in [1.54, 1.807) is 12.7 Å². The third-order valence-electron chi connectivity index (χ3n) is 5.75. The molecule has 134 valence electrons. The van der Waals surface area contributed by atoms with Crippen LogP contribution in [-0.2, 0) is 11.3 Å². The van der Waals surface area contributed by atoms with E-state index < -0.39 is 0 Å². The molecule has 1 saturated heterocycles. The van der Waals surface area contributed by atoms with Gasteiger partial charge < -0.3 is 5.32 Å². The molecule has 6 heteroatoms. The van der Waals surface area contributed by atoms with Crippen molar-refractivity contribution in [3.8, 4) is 0 Å². The number of likely N-dealkylation sites (tertiary alicyclic amines) is 1. The lowest BCUT2D eigenvalue weighted by atomic mass is 9.87. The maximum atomic E-state index is 12.6. The zero-order chi connectivity index (χ0) is 16.9. The van der Waals surface area contributed by atoms with E-state index in [0.717, 1.165) is 44.8 Å². The summed E-state index contributed by atoms with van der Waals surface area (Å²) in [5.74, 6) is 1.57. The van der Waals surface area contributed by atoms with Crippen LogP contribution < -0.4 is 5.32 Å². The predicted molar refractivity (Wildman–Crippen MR) is 93.3 cm³/mol. The van der Waals surface area contributed by atoms with Crippen LogP contribution in [0.4, 0.5) is 0 Å². The fraction of sp³-hybridized carbons (Fsp3) is 0.833. The molecule has 1 aliphatic carbocycles. The zero-order valence-electron chi connectivity index (χ0n) is 15.0. The number of rotatable bonds is 5. The third-order valence-corrected chi connectivity index (χ3v) is 5.75. The normalized spacial score (nSPS) is 30.0. The van der Waals surface area contributed by atoms with Crippen LogP contribution in [0.5, 0.6) is 0 Å². The molecular weight excluding hydrogens is 302 g/mol. The van der Waals surface area contributed by atoms with Crippen LogP contribution in [0.1, 0.15) is 52.4 Å². The average molecular weight is 333 g/mol. The summed E-state index contributed by atoms with van der Waals surface area (Å²) >= 11 is 0. The molecule has 2 fully saturated rings. The number of nitrogens with zero attached hydrogens (tertiary/aromatic N) is 4. The monoisotopic (exact) mass is 333 g/mol. The van der Waals surface area contributed by atoms with Crippen molar-refractivity contribution in [3.05, 3.63) is 12.7 Å². The van der Waals surface area contributed by atoms with Gasteiger partial charge in [-0.3, -0.25) is 14.4 Å². The summed E-state index contributed by atoms with van der Waals surface area (Å²) in [6.07, 6.45) is 10.5. The molecule has 1 amide bonds. The van der Waals surface area contributed by atoms with E-state index in [2.05, 4.69) is 34.1 Å². The predicted octanol–water partition coefficient (Wildman–Crippen LogP) is 2.07. The molecule has 0 spiro atoms. The molecule has 0 bridgehead atoms. The van der Waals surface area contributed by atoms with Gasteiger partial charge in [0.25, 0.3) is 0 Å². The van der Waals surface area contributed by atoms with Gasteiger partial charge in [0.1, 0.15) is 12.7 Å². The number of carbonyl (C=O) groups is 1. The summed E-state index contributed by atoms with van der Waals surface area (Å²) in [5, 5.41) is 7.50. The van der Waals surface area contributed by atoms with Gasteiger partial charge in [0.2, 0.25) is 5.91 Å². The van der Waals surface area contributed by atoms with E-state index in [0.29, 0.717) is 12.0 Å². The van der Waals surface area contributed by atoms with Crippen LogP contribution in [0, 0.1) is 11.8 Å². The second-order valence-corrected chi connectivity index (χ2v) is 7.76. The van der Waals surface area contributed by atoms with E-state index in [1.165, 1.54) is 19.3 Å². The van der Waals surface area contributed by atoms with E-state index in [1.807, 2.05) is 4.68 Å². The van der Waals surface area contributed by atoms with E-state index >= 15 is 0 Å². The Labute approximate surface area is 145 Å².